The molecule has 5 rings (SSSR count). The number of hydrogen-bond acceptors (Lipinski definition) is 4. The average Bonchev–Trinajstić information content (AvgIpc) is 3.45. The van der Waals surface area contributed by atoms with E-state index in [0.717, 1.165) is 32.4 Å². The highest BCUT2D eigenvalue weighted by molar-refractivity contribution is 7.82. The summed E-state index contributed by atoms with van der Waals surface area (Å²) in [4.78, 5) is 19.6. The van der Waals surface area contributed by atoms with Crippen molar-refractivity contribution in [1.82, 2.24) is 14.6 Å². The number of anilines is 1. The third-order valence-corrected chi connectivity index (χ3v) is 8.73. The number of piperidine rings is 1. The van der Waals surface area contributed by atoms with Gasteiger partial charge in [0.15, 0.2) is 5.82 Å². The Morgan fingerprint density at radius 3 is 2.46 bits per heavy atom. The molecule has 6 nitrogen and oxygen atoms in total. The third kappa shape index (κ3) is 5.89. The van der Waals surface area contributed by atoms with E-state index >= 15 is 0 Å². The first-order valence-electron chi connectivity index (χ1n) is 12.6. The lowest BCUT2D eigenvalue weighted by Crippen LogP contribution is -2.43. The van der Waals surface area contributed by atoms with Crippen LogP contribution >= 0.6 is 0 Å². The van der Waals surface area contributed by atoms with Gasteiger partial charge in [0, 0.05) is 19.6 Å². The predicted molar refractivity (Wildman–Crippen MR) is 133 cm³/mol. The first kappa shape index (κ1) is 25.7. The molecule has 3 fully saturated rings. The van der Waals surface area contributed by atoms with E-state index in [1.54, 1.807) is 10.4 Å². The standard InChI is InChI=1S/C24H28F2N4O2S.C2H6/c25-17-3-5-19(6-4-17)33(32)30-11-1-2-21(30)23(31)28-15-18-14-22(20(26)16-27-18)29-12-9-24(7-8-24)10-13-29;1-2/h3-6,14,16,21H,1-2,7-13,15H2,(H,28,31);1-2H3. The smallest absolute Gasteiger partial charge is 0.238 e. The fourth-order valence-electron chi connectivity index (χ4n) is 4.89. The number of carbonyl (C=O) groups excluding carboxylic acids is 1. The van der Waals surface area contributed by atoms with E-state index in [0.29, 0.717) is 34.7 Å². The molecule has 1 aromatic carbocycles. The monoisotopic (exact) mass is 504 g/mol. The zero-order valence-electron chi connectivity index (χ0n) is 20.4. The van der Waals surface area contributed by atoms with Crippen LogP contribution in [-0.4, -0.2) is 45.1 Å². The van der Waals surface area contributed by atoms with E-state index in [9.17, 15) is 17.8 Å². The SMILES string of the molecule is CC.O=C(NCc1cc(N2CCC3(CC2)CC3)c(F)cn1)C1CCCN1S(=O)c1ccc(F)cc1. The van der Waals surface area contributed by atoms with Gasteiger partial charge in [-0.3, -0.25) is 9.78 Å². The number of pyridine rings is 1. The van der Waals surface area contributed by atoms with Crippen LogP contribution in [0, 0.1) is 17.0 Å². The van der Waals surface area contributed by atoms with Crippen molar-refractivity contribution in [3.8, 4) is 0 Å². The number of aromatic nitrogens is 1. The summed E-state index contributed by atoms with van der Waals surface area (Å²) < 4.78 is 42.2. The molecule has 1 amide bonds. The Morgan fingerprint density at radius 2 is 1.80 bits per heavy atom. The maximum absolute atomic E-state index is 14.5. The normalized spacial score (nSPS) is 21.8. The van der Waals surface area contributed by atoms with Crippen LogP contribution in [-0.2, 0) is 22.3 Å². The second-order valence-electron chi connectivity index (χ2n) is 9.33. The summed E-state index contributed by atoms with van der Waals surface area (Å²) in [5, 5.41) is 2.88. The van der Waals surface area contributed by atoms with Crippen LogP contribution in [0.15, 0.2) is 41.4 Å². The van der Waals surface area contributed by atoms with Gasteiger partial charge in [0.1, 0.15) is 22.8 Å². The fraction of sp³-hybridized carbons (Fsp3) is 0.538. The number of hydrogen-bond donors (Lipinski definition) is 1. The van der Waals surface area contributed by atoms with Crippen molar-refractivity contribution in [3.63, 3.8) is 0 Å². The maximum atomic E-state index is 14.5. The Bertz CT molecular complexity index is 1050. The minimum Gasteiger partial charge on any atom is -0.369 e. The molecule has 1 N–H and O–H groups in total. The molecule has 0 bridgehead atoms. The summed E-state index contributed by atoms with van der Waals surface area (Å²) in [6, 6.07) is 6.69. The second kappa shape index (κ2) is 11.1. The third-order valence-electron chi connectivity index (χ3n) is 7.19. The zero-order valence-corrected chi connectivity index (χ0v) is 21.3. The molecule has 9 heteroatoms. The molecule has 2 atom stereocenters. The van der Waals surface area contributed by atoms with Gasteiger partial charge in [0.2, 0.25) is 5.91 Å². The largest absolute Gasteiger partial charge is 0.369 e. The number of halogens is 2. The van der Waals surface area contributed by atoms with Gasteiger partial charge in [-0.2, -0.15) is 0 Å². The van der Waals surface area contributed by atoms with Gasteiger partial charge in [-0.25, -0.2) is 17.3 Å². The summed E-state index contributed by atoms with van der Waals surface area (Å²) in [7, 11) is -1.54. The predicted octanol–water partition coefficient (Wildman–Crippen LogP) is 4.57. The van der Waals surface area contributed by atoms with Gasteiger partial charge in [0.05, 0.1) is 29.0 Å². The van der Waals surface area contributed by atoms with Crippen molar-refractivity contribution < 1.29 is 17.8 Å². The minimum absolute atomic E-state index is 0.178. The van der Waals surface area contributed by atoms with Crippen molar-refractivity contribution in [2.24, 2.45) is 5.41 Å². The molecule has 2 unspecified atom stereocenters. The maximum Gasteiger partial charge on any atom is 0.238 e. The molecule has 35 heavy (non-hydrogen) atoms. The van der Waals surface area contributed by atoms with Crippen LogP contribution in [0.3, 0.4) is 0 Å². The molecule has 2 aliphatic heterocycles. The van der Waals surface area contributed by atoms with Crippen molar-refractivity contribution in [2.45, 2.75) is 69.9 Å². The quantitative estimate of drug-likeness (QED) is 0.626. The molecule has 2 saturated heterocycles. The first-order chi connectivity index (χ1) is 16.9. The Kier molecular flexibility index (Phi) is 8.16. The lowest BCUT2D eigenvalue weighted by Gasteiger charge is -2.34. The Hall–Kier alpha value is -2.39. The minimum atomic E-state index is -1.54. The lowest BCUT2D eigenvalue weighted by molar-refractivity contribution is -0.124. The topological polar surface area (TPSA) is 65.5 Å². The van der Waals surface area contributed by atoms with Crippen LogP contribution in [0.1, 0.15) is 58.1 Å². The van der Waals surface area contributed by atoms with Crippen LogP contribution in [0.4, 0.5) is 14.5 Å². The molecule has 0 radical (unpaired) electrons. The van der Waals surface area contributed by atoms with E-state index in [1.165, 1.54) is 43.3 Å². The van der Waals surface area contributed by atoms with Crippen molar-refractivity contribution >= 4 is 22.6 Å². The number of benzene rings is 1. The van der Waals surface area contributed by atoms with E-state index in [4.69, 9.17) is 0 Å². The number of nitrogens with one attached hydrogen (secondary N) is 1. The first-order valence-corrected chi connectivity index (χ1v) is 13.7. The van der Waals surface area contributed by atoms with Crippen LogP contribution < -0.4 is 10.2 Å². The molecule has 1 spiro atoms. The van der Waals surface area contributed by atoms with Gasteiger partial charge in [0.25, 0.3) is 0 Å². The molecular weight excluding hydrogens is 470 g/mol. The highest BCUT2D eigenvalue weighted by Crippen LogP contribution is 2.54. The summed E-state index contributed by atoms with van der Waals surface area (Å²) in [5.41, 5.74) is 1.65. The van der Waals surface area contributed by atoms with Crippen molar-refractivity contribution in [2.75, 3.05) is 24.5 Å². The van der Waals surface area contributed by atoms with Crippen molar-refractivity contribution in [1.29, 1.82) is 0 Å². The lowest BCUT2D eigenvalue weighted by atomic mass is 9.93. The summed E-state index contributed by atoms with van der Waals surface area (Å²) >= 11 is 0. The molecule has 2 aromatic rings. The Labute approximate surface area is 208 Å². The molecule has 3 heterocycles. The summed E-state index contributed by atoms with van der Waals surface area (Å²) in [6.45, 7) is 6.40. The number of carbonyl (C=O) groups is 1. The van der Waals surface area contributed by atoms with Gasteiger partial charge in [-0.05, 0) is 74.3 Å². The van der Waals surface area contributed by atoms with E-state index in [1.807, 2.05) is 13.8 Å². The van der Waals surface area contributed by atoms with E-state index in [-0.39, 0.29) is 18.3 Å². The zero-order chi connectivity index (χ0) is 25.0. The van der Waals surface area contributed by atoms with Crippen LogP contribution in [0.2, 0.25) is 0 Å². The number of amides is 1. The Balaban J connectivity index is 0.00000141. The number of nitrogens with zero attached hydrogens (tertiary/aromatic N) is 3. The molecular formula is C26H34F2N4O2S. The van der Waals surface area contributed by atoms with Gasteiger partial charge in [-0.1, -0.05) is 13.8 Å². The van der Waals surface area contributed by atoms with Crippen LogP contribution in [0.25, 0.3) is 0 Å². The molecule has 190 valence electrons. The molecule has 1 aromatic heterocycles. The highest BCUT2D eigenvalue weighted by Gasteiger charge is 2.44. The van der Waals surface area contributed by atoms with Gasteiger partial charge >= 0.3 is 0 Å². The van der Waals surface area contributed by atoms with Crippen LogP contribution in [0.5, 0.6) is 0 Å². The van der Waals surface area contributed by atoms with Gasteiger partial charge in [-0.15, -0.1) is 0 Å². The Morgan fingerprint density at radius 1 is 1.11 bits per heavy atom. The number of rotatable bonds is 6. The second-order valence-corrected chi connectivity index (χ2v) is 10.8. The average molecular weight is 505 g/mol. The summed E-state index contributed by atoms with van der Waals surface area (Å²) in [6.07, 6.45) is 7.36. The van der Waals surface area contributed by atoms with E-state index in [2.05, 4.69) is 15.2 Å². The highest BCUT2D eigenvalue weighted by atomic mass is 32.2. The van der Waals surface area contributed by atoms with E-state index < -0.39 is 22.8 Å². The van der Waals surface area contributed by atoms with Crippen molar-refractivity contribution in [3.05, 3.63) is 53.9 Å². The summed E-state index contributed by atoms with van der Waals surface area (Å²) in [5.74, 6) is -0.966. The molecule has 1 aliphatic carbocycles. The fourth-order valence-corrected chi connectivity index (χ4v) is 6.26. The molecule has 1 saturated carbocycles. The van der Waals surface area contributed by atoms with Gasteiger partial charge < -0.3 is 10.2 Å². The molecule has 3 aliphatic rings.